The highest BCUT2D eigenvalue weighted by molar-refractivity contribution is 5.24. The molecule has 0 aliphatic heterocycles. The summed E-state index contributed by atoms with van der Waals surface area (Å²) in [6, 6.07) is 8.15. The monoisotopic (exact) mass is 188 g/mol. The molecule has 0 saturated carbocycles. The van der Waals surface area contributed by atoms with E-state index in [0.717, 1.165) is 18.4 Å². The number of aryl methyl sites for hydroxylation is 1. The molecule has 2 atom stereocenters. The number of aliphatic hydroxyl groups is 1. The summed E-state index contributed by atoms with van der Waals surface area (Å²) >= 11 is 0. The molecule has 1 aliphatic carbocycles. The van der Waals surface area contributed by atoms with Crippen molar-refractivity contribution in [2.24, 2.45) is 5.92 Å². The highest BCUT2D eigenvalue weighted by atomic mass is 16.3. The average Bonchev–Trinajstić information content (AvgIpc) is 2.71. The van der Waals surface area contributed by atoms with Gasteiger partial charge in [-0.1, -0.05) is 42.0 Å². The van der Waals surface area contributed by atoms with E-state index in [4.69, 9.17) is 0 Å². The second-order valence-corrected chi connectivity index (χ2v) is 4.02. The number of rotatable bonds is 2. The second-order valence-electron chi connectivity index (χ2n) is 4.02. The molecule has 1 N–H and O–H groups in total. The van der Waals surface area contributed by atoms with E-state index in [1.165, 1.54) is 5.56 Å². The molecule has 0 heterocycles. The van der Waals surface area contributed by atoms with Gasteiger partial charge in [0.1, 0.15) is 0 Å². The van der Waals surface area contributed by atoms with Crippen LogP contribution in [0.25, 0.3) is 0 Å². The van der Waals surface area contributed by atoms with Gasteiger partial charge in [0, 0.05) is 5.92 Å². The maximum Gasteiger partial charge on any atom is 0.0852 e. The Labute approximate surface area is 85.1 Å². The molecule has 0 unspecified atom stereocenters. The number of allylic oxidation sites excluding steroid dienone is 1. The van der Waals surface area contributed by atoms with Gasteiger partial charge in [-0.2, -0.15) is 0 Å². The van der Waals surface area contributed by atoms with Crippen molar-refractivity contribution in [3.05, 3.63) is 47.5 Å². The Kier molecular flexibility index (Phi) is 2.69. The van der Waals surface area contributed by atoms with E-state index in [1.54, 1.807) is 0 Å². The van der Waals surface area contributed by atoms with Crippen molar-refractivity contribution < 1.29 is 5.11 Å². The van der Waals surface area contributed by atoms with Crippen LogP contribution in [0.15, 0.2) is 36.4 Å². The summed E-state index contributed by atoms with van der Waals surface area (Å²) < 4.78 is 0. The highest BCUT2D eigenvalue weighted by Gasteiger charge is 2.20. The summed E-state index contributed by atoms with van der Waals surface area (Å²) in [6.07, 6.45) is 6.14. The lowest BCUT2D eigenvalue weighted by Crippen LogP contribution is -2.07. The minimum absolute atomic E-state index is 0.317. The van der Waals surface area contributed by atoms with Gasteiger partial charge in [-0.15, -0.1) is 0 Å². The lowest BCUT2D eigenvalue weighted by Gasteiger charge is -2.16. The third kappa shape index (κ3) is 1.88. The Morgan fingerprint density at radius 3 is 2.57 bits per heavy atom. The summed E-state index contributed by atoms with van der Waals surface area (Å²) in [5.41, 5.74) is 2.27. The third-order valence-corrected chi connectivity index (χ3v) is 2.87. The highest BCUT2D eigenvalue weighted by Crippen LogP contribution is 2.30. The van der Waals surface area contributed by atoms with Crippen LogP contribution >= 0.6 is 0 Å². The molecule has 0 amide bonds. The topological polar surface area (TPSA) is 20.2 Å². The number of hydrogen-bond donors (Lipinski definition) is 1. The summed E-state index contributed by atoms with van der Waals surface area (Å²) in [5.74, 6) is 0.317. The summed E-state index contributed by atoms with van der Waals surface area (Å²) in [5, 5.41) is 10.1. The van der Waals surface area contributed by atoms with Crippen LogP contribution in [0.4, 0.5) is 0 Å². The van der Waals surface area contributed by atoms with Gasteiger partial charge in [0.05, 0.1) is 6.10 Å². The van der Waals surface area contributed by atoms with Crippen molar-refractivity contribution in [2.75, 3.05) is 0 Å². The second kappa shape index (κ2) is 3.97. The van der Waals surface area contributed by atoms with Crippen molar-refractivity contribution in [2.45, 2.75) is 25.9 Å². The van der Waals surface area contributed by atoms with Crippen LogP contribution in [0.5, 0.6) is 0 Å². The first kappa shape index (κ1) is 9.47. The minimum Gasteiger partial charge on any atom is -0.388 e. The molecule has 0 radical (unpaired) electrons. The smallest absolute Gasteiger partial charge is 0.0852 e. The average molecular weight is 188 g/mol. The normalized spacial score (nSPS) is 22.6. The van der Waals surface area contributed by atoms with Gasteiger partial charge in [-0.25, -0.2) is 0 Å². The molecule has 1 heteroatoms. The molecule has 2 rings (SSSR count). The van der Waals surface area contributed by atoms with Gasteiger partial charge in [0.25, 0.3) is 0 Å². The molecule has 1 nitrogen and oxygen atoms in total. The van der Waals surface area contributed by atoms with Crippen molar-refractivity contribution >= 4 is 0 Å². The van der Waals surface area contributed by atoms with E-state index in [0.29, 0.717) is 5.92 Å². The molecule has 0 spiro atoms. The van der Waals surface area contributed by atoms with Gasteiger partial charge in [0.15, 0.2) is 0 Å². The van der Waals surface area contributed by atoms with Crippen molar-refractivity contribution in [3.8, 4) is 0 Å². The number of hydrogen-bond acceptors (Lipinski definition) is 1. The van der Waals surface area contributed by atoms with Crippen LogP contribution in [-0.4, -0.2) is 5.11 Å². The predicted molar refractivity (Wildman–Crippen MR) is 58.0 cm³/mol. The van der Waals surface area contributed by atoms with E-state index in [9.17, 15) is 5.11 Å². The predicted octanol–water partition coefficient (Wildman–Crippen LogP) is 2.99. The quantitative estimate of drug-likeness (QED) is 0.707. The maximum atomic E-state index is 10.1. The zero-order valence-corrected chi connectivity index (χ0v) is 8.48. The lowest BCUT2D eigenvalue weighted by molar-refractivity contribution is 0.131. The van der Waals surface area contributed by atoms with Crippen molar-refractivity contribution in [3.63, 3.8) is 0 Å². The SMILES string of the molecule is Cc1ccc([C@@H](O)[C@@H]2C=CCC2)cc1. The van der Waals surface area contributed by atoms with Gasteiger partial charge in [0.2, 0.25) is 0 Å². The Hall–Kier alpha value is -1.08. The van der Waals surface area contributed by atoms with Crippen molar-refractivity contribution in [1.82, 2.24) is 0 Å². The molecule has 0 fully saturated rings. The molecule has 0 aromatic heterocycles. The summed E-state index contributed by atoms with van der Waals surface area (Å²) in [4.78, 5) is 0. The van der Waals surface area contributed by atoms with Crippen LogP contribution in [0.1, 0.15) is 30.1 Å². The first-order valence-corrected chi connectivity index (χ1v) is 5.18. The Morgan fingerprint density at radius 1 is 1.29 bits per heavy atom. The van der Waals surface area contributed by atoms with Crippen LogP contribution in [0, 0.1) is 12.8 Å². The van der Waals surface area contributed by atoms with E-state index >= 15 is 0 Å². The third-order valence-electron chi connectivity index (χ3n) is 2.87. The standard InChI is InChI=1S/C13H16O/c1-10-6-8-12(9-7-10)13(14)11-4-2-3-5-11/h2,4,6-9,11,13-14H,3,5H2,1H3/t11-,13+/m1/s1. The van der Waals surface area contributed by atoms with Gasteiger partial charge in [-0.3, -0.25) is 0 Å². The lowest BCUT2D eigenvalue weighted by atomic mass is 9.95. The minimum atomic E-state index is -0.325. The van der Waals surface area contributed by atoms with E-state index in [1.807, 2.05) is 12.1 Å². The number of benzene rings is 1. The molecule has 1 aliphatic rings. The fourth-order valence-electron chi connectivity index (χ4n) is 1.93. The zero-order valence-electron chi connectivity index (χ0n) is 8.48. The fraction of sp³-hybridized carbons (Fsp3) is 0.385. The molecule has 1 aromatic rings. The van der Waals surface area contributed by atoms with Gasteiger partial charge >= 0.3 is 0 Å². The molecular weight excluding hydrogens is 172 g/mol. The maximum absolute atomic E-state index is 10.1. The van der Waals surface area contributed by atoms with Gasteiger partial charge < -0.3 is 5.11 Å². The molecule has 74 valence electrons. The summed E-state index contributed by atoms with van der Waals surface area (Å²) in [7, 11) is 0. The first-order chi connectivity index (χ1) is 6.77. The largest absolute Gasteiger partial charge is 0.388 e. The van der Waals surface area contributed by atoms with Crippen molar-refractivity contribution in [1.29, 1.82) is 0 Å². The molecule has 0 saturated heterocycles. The molecule has 14 heavy (non-hydrogen) atoms. The summed E-state index contributed by atoms with van der Waals surface area (Å²) in [6.45, 7) is 2.06. The van der Waals surface area contributed by atoms with E-state index in [-0.39, 0.29) is 6.10 Å². The fourth-order valence-corrected chi connectivity index (χ4v) is 1.93. The zero-order chi connectivity index (χ0) is 9.97. The van der Waals surface area contributed by atoms with Crippen LogP contribution in [0.2, 0.25) is 0 Å². The van der Waals surface area contributed by atoms with Crippen LogP contribution in [0.3, 0.4) is 0 Å². The molecule has 1 aromatic carbocycles. The Bertz CT molecular complexity index is 324. The first-order valence-electron chi connectivity index (χ1n) is 5.18. The molecule has 0 bridgehead atoms. The van der Waals surface area contributed by atoms with E-state index in [2.05, 4.69) is 31.2 Å². The van der Waals surface area contributed by atoms with Crippen LogP contribution in [-0.2, 0) is 0 Å². The van der Waals surface area contributed by atoms with Crippen LogP contribution < -0.4 is 0 Å². The van der Waals surface area contributed by atoms with Gasteiger partial charge in [-0.05, 0) is 25.3 Å². The Balaban J connectivity index is 2.14. The molecular formula is C13H16O. The van der Waals surface area contributed by atoms with E-state index < -0.39 is 0 Å². The Morgan fingerprint density at radius 2 is 2.00 bits per heavy atom. The number of aliphatic hydroxyl groups excluding tert-OH is 1.